The Hall–Kier alpha value is -4.07. The Bertz CT molecular complexity index is 1320. The Morgan fingerprint density at radius 2 is 1.97 bits per heavy atom. The van der Waals surface area contributed by atoms with Crippen molar-refractivity contribution < 1.29 is 14.3 Å². The molecular weight excluding hydrogens is 454 g/mol. The number of methoxy groups -OCH3 is 2. The molecule has 5 rings (SSSR count). The van der Waals surface area contributed by atoms with E-state index in [9.17, 15) is 4.79 Å². The fraction of sp³-hybridized carbons (Fsp3) is 0.321. The topological polar surface area (TPSA) is 117 Å². The van der Waals surface area contributed by atoms with Crippen molar-refractivity contribution >= 4 is 17.5 Å². The maximum atomic E-state index is 13.5. The molecule has 8 heteroatoms. The van der Waals surface area contributed by atoms with E-state index in [4.69, 9.17) is 20.9 Å². The Balaban J connectivity index is 1.44. The van der Waals surface area contributed by atoms with E-state index in [1.807, 2.05) is 18.3 Å². The Morgan fingerprint density at radius 1 is 1.17 bits per heavy atom. The summed E-state index contributed by atoms with van der Waals surface area (Å²) < 4.78 is 11.1. The fourth-order valence-corrected chi connectivity index (χ4v) is 5.07. The van der Waals surface area contributed by atoms with Crippen LogP contribution in [0.15, 0.2) is 54.9 Å². The molecule has 0 bridgehead atoms. The van der Waals surface area contributed by atoms with Gasteiger partial charge >= 0.3 is 0 Å². The number of carbonyl (C=O) groups excluding carboxylic acids is 1. The van der Waals surface area contributed by atoms with Gasteiger partial charge in [0.1, 0.15) is 5.82 Å². The van der Waals surface area contributed by atoms with E-state index in [0.29, 0.717) is 46.8 Å². The Labute approximate surface area is 210 Å². The highest BCUT2D eigenvalue weighted by Crippen LogP contribution is 2.47. The number of rotatable bonds is 8. The molecule has 2 heterocycles. The molecule has 1 aliphatic carbocycles. The van der Waals surface area contributed by atoms with Crippen LogP contribution in [0.25, 0.3) is 0 Å². The molecule has 0 amide bonds. The maximum Gasteiger partial charge on any atom is 0.221 e. The molecule has 186 valence electrons. The number of nitrogens with zero attached hydrogens (tertiary/aromatic N) is 3. The summed E-state index contributed by atoms with van der Waals surface area (Å²) in [5.41, 5.74) is 16.4. The van der Waals surface area contributed by atoms with Crippen molar-refractivity contribution in [1.29, 1.82) is 0 Å². The zero-order chi connectivity index (χ0) is 25.2. The van der Waals surface area contributed by atoms with Gasteiger partial charge in [0.2, 0.25) is 5.95 Å². The highest BCUT2D eigenvalue weighted by Gasteiger charge is 2.38. The van der Waals surface area contributed by atoms with Gasteiger partial charge in [-0.3, -0.25) is 4.79 Å². The van der Waals surface area contributed by atoms with Gasteiger partial charge in [-0.25, -0.2) is 4.98 Å². The third-order valence-electron chi connectivity index (χ3n) is 6.97. The summed E-state index contributed by atoms with van der Waals surface area (Å²) in [5.74, 6) is 1.79. The zero-order valence-electron chi connectivity index (χ0n) is 20.6. The molecular formula is C28H31N5O3. The van der Waals surface area contributed by atoms with Crippen molar-refractivity contribution in [3.8, 4) is 11.5 Å². The van der Waals surface area contributed by atoms with Gasteiger partial charge in [-0.2, -0.15) is 4.98 Å². The average molecular weight is 486 g/mol. The molecule has 3 aromatic rings. The molecule has 4 N–H and O–H groups in total. The molecule has 1 aliphatic heterocycles. The minimum Gasteiger partial charge on any atom is -0.493 e. The number of carbonyl (C=O) groups is 1. The van der Waals surface area contributed by atoms with E-state index < -0.39 is 0 Å². The number of nitrogen functional groups attached to an aromatic ring is 2. The molecule has 1 aromatic heterocycles. The second-order valence-electron chi connectivity index (χ2n) is 9.34. The lowest BCUT2D eigenvalue weighted by molar-refractivity contribution is 0.104. The number of ether oxygens (including phenoxy) is 2. The largest absolute Gasteiger partial charge is 0.493 e. The Morgan fingerprint density at radius 3 is 2.69 bits per heavy atom. The lowest BCUT2D eigenvalue weighted by atomic mass is 9.90. The number of fused-ring (bicyclic) bond motifs is 1. The summed E-state index contributed by atoms with van der Waals surface area (Å²) in [6.45, 7) is 0.888. The predicted octanol–water partition coefficient (Wildman–Crippen LogP) is 3.95. The van der Waals surface area contributed by atoms with E-state index >= 15 is 0 Å². The number of anilines is 2. The highest BCUT2D eigenvalue weighted by atomic mass is 16.5. The monoisotopic (exact) mass is 485 g/mol. The summed E-state index contributed by atoms with van der Waals surface area (Å²) in [7, 11) is 3.09. The van der Waals surface area contributed by atoms with Crippen molar-refractivity contribution in [3.05, 3.63) is 82.7 Å². The van der Waals surface area contributed by atoms with Gasteiger partial charge in [0.25, 0.3) is 0 Å². The molecule has 0 spiro atoms. The van der Waals surface area contributed by atoms with Gasteiger partial charge in [-0.15, -0.1) is 0 Å². The second-order valence-corrected chi connectivity index (χ2v) is 9.34. The van der Waals surface area contributed by atoms with Crippen LogP contribution in [0.4, 0.5) is 11.8 Å². The number of nitrogens with two attached hydrogens (primary N) is 2. The number of allylic oxidation sites excluding steroid dienone is 1. The maximum absolute atomic E-state index is 13.5. The Kier molecular flexibility index (Phi) is 6.50. The van der Waals surface area contributed by atoms with Crippen molar-refractivity contribution in [2.24, 2.45) is 5.92 Å². The van der Waals surface area contributed by atoms with E-state index in [2.05, 4.69) is 39.1 Å². The summed E-state index contributed by atoms with van der Waals surface area (Å²) in [6.07, 6.45) is 9.03. The van der Waals surface area contributed by atoms with Crippen LogP contribution in [-0.2, 0) is 12.8 Å². The first-order chi connectivity index (χ1) is 17.5. The first-order valence-electron chi connectivity index (χ1n) is 12.2. The predicted molar refractivity (Wildman–Crippen MR) is 139 cm³/mol. The lowest BCUT2D eigenvalue weighted by Gasteiger charge is -2.37. The van der Waals surface area contributed by atoms with Crippen molar-refractivity contribution in [2.75, 3.05) is 32.2 Å². The van der Waals surface area contributed by atoms with Crippen LogP contribution < -0.4 is 20.9 Å². The third kappa shape index (κ3) is 4.71. The van der Waals surface area contributed by atoms with Crippen LogP contribution >= 0.6 is 0 Å². The van der Waals surface area contributed by atoms with Gasteiger partial charge in [0.15, 0.2) is 17.3 Å². The third-order valence-corrected chi connectivity index (χ3v) is 6.97. The molecule has 2 aliphatic rings. The van der Waals surface area contributed by atoms with Crippen LogP contribution in [0.1, 0.15) is 51.5 Å². The number of hydrogen-bond donors (Lipinski definition) is 2. The first-order valence-corrected chi connectivity index (χ1v) is 12.2. The summed E-state index contributed by atoms with van der Waals surface area (Å²) in [5, 5.41) is 0. The van der Waals surface area contributed by atoms with Gasteiger partial charge in [-0.05, 0) is 54.0 Å². The van der Waals surface area contributed by atoms with Gasteiger partial charge < -0.3 is 25.8 Å². The minimum absolute atomic E-state index is 0.120. The summed E-state index contributed by atoms with van der Waals surface area (Å²) in [4.78, 5) is 23.9. The summed E-state index contributed by atoms with van der Waals surface area (Å²) >= 11 is 0. The van der Waals surface area contributed by atoms with Crippen LogP contribution in [0.2, 0.25) is 0 Å². The quantitative estimate of drug-likeness (QED) is 0.364. The van der Waals surface area contributed by atoms with Crippen molar-refractivity contribution in [2.45, 2.75) is 31.7 Å². The number of aromatic nitrogens is 2. The SMILES string of the molecule is COc1cc(Cc2cnc(N)nc2N)cc(C(=O)C=CN2CCc3ccccc3C2C2CC2)c1OC. The standard InChI is InChI=1S/C28H31N5O3/c1-35-24-15-17(13-20-16-31-28(30)32-27(20)29)14-22(26(24)36-2)23(34)10-12-33-11-9-18-5-3-4-6-21(18)25(33)19-7-8-19/h3-6,10,12,14-16,19,25H,7-9,11,13H2,1-2H3,(H4,29,30,31,32). The molecule has 2 aromatic carbocycles. The van der Waals surface area contributed by atoms with Crippen LogP contribution in [0.5, 0.6) is 11.5 Å². The van der Waals surface area contributed by atoms with E-state index in [-0.39, 0.29) is 11.7 Å². The molecule has 1 saturated carbocycles. The molecule has 0 radical (unpaired) electrons. The van der Waals surface area contributed by atoms with Crippen LogP contribution in [0, 0.1) is 5.92 Å². The number of ketones is 1. The van der Waals surface area contributed by atoms with Crippen molar-refractivity contribution in [1.82, 2.24) is 14.9 Å². The molecule has 36 heavy (non-hydrogen) atoms. The zero-order valence-corrected chi connectivity index (χ0v) is 20.6. The summed E-state index contributed by atoms with van der Waals surface area (Å²) in [6, 6.07) is 12.6. The van der Waals surface area contributed by atoms with E-state index in [1.54, 1.807) is 19.4 Å². The lowest BCUT2D eigenvalue weighted by Crippen LogP contribution is -2.32. The minimum atomic E-state index is -0.151. The van der Waals surface area contributed by atoms with Crippen LogP contribution in [-0.4, -0.2) is 41.4 Å². The highest BCUT2D eigenvalue weighted by molar-refractivity contribution is 6.07. The smallest absolute Gasteiger partial charge is 0.221 e. The van der Waals surface area contributed by atoms with Gasteiger partial charge in [-0.1, -0.05) is 24.3 Å². The molecule has 1 fully saturated rings. The first kappa shape index (κ1) is 23.7. The van der Waals surface area contributed by atoms with Gasteiger partial charge in [0.05, 0.1) is 25.8 Å². The fourth-order valence-electron chi connectivity index (χ4n) is 5.07. The van der Waals surface area contributed by atoms with E-state index in [1.165, 1.54) is 31.1 Å². The van der Waals surface area contributed by atoms with Crippen molar-refractivity contribution in [3.63, 3.8) is 0 Å². The van der Waals surface area contributed by atoms with Crippen LogP contribution in [0.3, 0.4) is 0 Å². The molecule has 8 nitrogen and oxygen atoms in total. The molecule has 1 atom stereocenters. The number of benzene rings is 2. The molecule has 1 unspecified atom stereocenters. The normalized spacial score (nSPS) is 17.2. The molecule has 0 saturated heterocycles. The second kappa shape index (κ2) is 9.89. The van der Waals surface area contributed by atoms with Gasteiger partial charge in [0, 0.05) is 37.0 Å². The average Bonchev–Trinajstić information content (AvgIpc) is 3.73. The van der Waals surface area contributed by atoms with E-state index in [0.717, 1.165) is 18.5 Å². The number of hydrogen-bond acceptors (Lipinski definition) is 8.